The molecular weight excluding hydrogens is 412 g/mol. The molecule has 0 radical (unpaired) electrons. The van der Waals surface area contributed by atoms with E-state index in [1.807, 2.05) is 12.1 Å². The molecule has 4 heteroatoms. The van der Waals surface area contributed by atoms with Gasteiger partial charge in [-0.3, -0.25) is 0 Å². The van der Waals surface area contributed by atoms with E-state index in [2.05, 4.69) is 26.8 Å². The summed E-state index contributed by atoms with van der Waals surface area (Å²) in [6.07, 6.45) is 15.0. The fraction of sp³-hybridized carbons (Fsp3) is 0.483. The van der Waals surface area contributed by atoms with E-state index in [-0.39, 0.29) is 0 Å². The van der Waals surface area contributed by atoms with E-state index < -0.39 is 5.97 Å². The molecule has 0 spiro atoms. The average molecular weight is 453 g/mol. The van der Waals surface area contributed by atoms with Crippen molar-refractivity contribution in [3.8, 4) is 17.2 Å². The van der Waals surface area contributed by atoms with Crippen molar-refractivity contribution in [3.63, 3.8) is 0 Å². The molecule has 4 nitrogen and oxygen atoms in total. The van der Waals surface area contributed by atoms with Gasteiger partial charge in [-0.25, -0.2) is 4.79 Å². The van der Waals surface area contributed by atoms with Crippen molar-refractivity contribution in [2.24, 2.45) is 5.92 Å². The van der Waals surface area contributed by atoms with Crippen LogP contribution in [0.1, 0.15) is 88.9 Å². The van der Waals surface area contributed by atoms with Crippen LogP contribution in [0.2, 0.25) is 0 Å². The zero-order valence-electron chi connectivity index (χ0n) is 20.6. The Morgan fingerprint density at radius 1 is 0.818 bits per heavy atom. The van der Waals surface area contributed by atoms with Gasteiger partial charge in [0, 0.05) is 0 Å². The Balaban J connectivity index is 1.68. The van der Waals surface area contributed by atoms with Crippen molar-refractivity contribution in [2.45, 2.75) is 78.6 Å². The lowest BCUT2D eigenvalue weighted by atomic mass is 10.1. The predicted molar refractivity (Wildman–Crippen MR) is 135 cm³/mol. The fourth-order valence-electron chi connectivity index (χ4n) is 3.21. The summed E-state index contributed by atoms with van der Waals surface area (Å²) in [6, 6.07) is 14.1. The first kappa shape index (κ1) is 26.5. The number of carbonyl (C=O) groups excluding carboxylic acids is 1. The van der Waals surface area contributed by atoms with Crippen molar-refractivity contribution < 1.29 is 19.0 Å². The van der Waals surface area contributed by atoms with E-state index in [1.54, 1.807) is 42.7 Å². The number of carbonyl (C=O) groups is 1. The zero-order chi connectivity index (χ0) is 23.7. The fourth-order valence-corrected chi connectivity index (χ4v) is 3.21. The summed E-state index contributed by atoms with van der Waals surface area (Å²) < 4.78 is 16.8. The molecule has 0 bridgehead atoms. The molecule has 0 heterocycles. The summed E-state index contributed by atoms with van der Waals surface area (Å²) in [6.45, 7) is 7.22. The maximum absolute atomic E-state index is 12.4. The topological polar surface area (TPSA) is 44.8 Å². The molecule has 180 valence electrons. The van der Waals surface area contributed by atoms with Gasteiger partial charge in [0.2, 0.25) is 0 Å². The second-order valence-corrected chi connectivity index (χ2v) is 8.61. The van der Waals surface area contributed by atoms with Crippen LogP contribution in [-0.2, 0) is 0 Å². The first-order valence-corrected chi connectivity index (χ1v) is 12.5. The molecule has 0 saturated heterocycles. The van der Waals surface area contributed by atoms with E-state index >= 15 is 0 Å². The highest BCUT2D eigenvalue weighted by Gasteiger charge is 2.09. The van der Waals surface area contributed by atoms with Crippen molar-refractivity contribution in [1.82, 2.24) is 0 Å². The molecule has 1 atom stereocenters. The normalized spacial score (nSPS) is 12.0. The number of benzene rings is 2. The highest BCUT2D eigenvalue weighted by atomic mass is 16.5. The molecule has 0 amide bonds. The molecular formula is C29H40O4. The number of hydrogen-bond acceptors (Lipinski definition) is 4. The van der Waals surface area contributed by atoms with Gasteiger partial charge in [0.1, 0.15) is 17.2 Å². The third kappa shape index (κ3) is 11.1. The molecule has 2 aromatic rings. The molecule has 2 rings (SSSR count). The van der Waals surface area contributed by atoms with E-state index in [9.17, 15) is 4.79 Å². The Morgan fingerprint density at radius 3 is 2.09 bits per heavy atom. The lowest BCUT2D eigenvalue weighted by Gasteiger charge is -2.11. The predicted octanol–water partition coefficient (Wildman–Crippen LogP) is 8.36. The average Bonchev–Trinajstić information content (AvgIpc) is 2.85. The maximum Gasteiger partial charge on any atom is 0.343 e. The quantitative estimate of drug-likeness (QED) is 0.111. The molecule has 0 aromatic heterocycles. The highest BCUT2D eigenvalue weighted by molar-refractivity contribution is 5.91. The van der Waals surface area contributed by atoms with Crippen molar-refractivity contribution in [1.29, 1.82) is 0 Å². The highest BCUT2D eigenvalue weighted by Crippen LogP contribution is 2.20. The molecule has 0 fully saturated rings. The van der Waals surface area contributed by atoms with Crippen LogP contribution < -0.4 is 14.2 Å². The smallest absolute Gasteiger partial charge is 0.343 e. The van der Waals surface area contributed by atoms with Gasteiger partial charge in [-0.05, 0) is 73.4 Å². The standard InChI is InChI=1S/C29H40O4/c1-4-6-7-8-9-10-11-12-13-22-31-26-16-14-25(15-17-26)29(30)33-28-20-18-27(19-21-28)32-23-24(3)5-2/h13-22,24H,4-12,23H2,1-3H3. The van der Waals surface area contributed by atoms with E-state index in [1.165, 1.54) is 44.9 Å². The van der Waals surface area contributed by atoms with Crippen molar-refractivity contribution in [2.75, 3.05) is 6.61 Å². The van der Waals surface area contributed by atoms with Crippen molar-refractivity contribution >= 4 is 5.97 Å². The first-order valence-electron chi connectivity index (χ1n) is 12.5. The number of allylic oxidation sites excluding steroid dienone is 1. The van der Waals surface area contributed by atoms with Gasteiger partial charge in [0.25, 0.3) is 0 Å². The van der Waals surface area contributed by atoms with Gasteiger partial charge < -0.3 is 14.2 Å². The summed E-state index contributed by atoms with van der Waals surface area (Å²) >= 11 is 0. The molecule has 0 aliphatic rings. The maximum atomic E-state index is 12.4. The first-order chi connectivity index (χ1) is 16.1. The summed E-state index contributed by atoms with van der Waals surface area (Å²) in [5, 5.41) is 0. The third-order valence-electron chi connectivity index (χ3n) is 5.63. The minimum absolute atomic E-state index is 0.399. The van der Waals surface area contributed by atoms with Crippen LogP contribution in [0.3, 0.4) is 0 Å². The number of hydrogen-bond donors (Lipinski definition) is 0. The molecule has 2 aromatic carbocycles. The van der Waals surface area contributed by atoms with Gasteiger partial charge in [-0.2, -0.15) is 0 Å². The summed E-state index contributed by atoms with van der Waals surface area (Å²) in [7, 11) is 0. The van der Waals surface area contributed by atoms with Gasteiger partial charge in [-0.15, -0.1) is 0 Å². The molecule has 0 aliphatic carbocycles. The molecule has 0 N–H and O–H groups in total. The van der Waals surface area contributed by atoms with Gasteiger partial charge in [-0.1, -0.05) is 65.7 Å². The summed E-state index contributed by atoms with van der Waals surface area (Å²) in [4.78, 5) is 12.4. The van der Waals surface area contributed by atoms with E-state index in [0.29, 0.717) is 29.6 Å². The van der Waals surface area contributed by atoms with Crippen LogP contribution in [0, 0.1) is 5.92 Å². The molecule has 1 unspecified atom stereocenters. The largest absolute Gasteiger partial charge is 0.493 e. The van der Waals surface area contributed by atoms with Crippen LogP contribution in [0.5, 0.6) is 17.2 Å². The van der Waals surface area contributed by atoms with Crippen LogP contribution >= 0.6 is 0 Å². The molecule has 0 saturated carbocycles. The Kier molecular flexibility index (Phi) is 12.8. The van der Waals surface area contributed by atoms with Gasteiger partial charge in [0.05, 0.1) is 18.4 Å². The molecule has 33 heavy (non-hydrogen) atoms. The Bertz CT molecular complexity index is 809. The Morgan fingerprint density at radius 2 is 1.42 bits per heavy atom. The number of ether oxygens (including phenoxy) is 3. The van der Waals surface area contributed by atoms with Gasteiger partial charge >= 0.3 is 5.97 Å². The van der Waals surface area contributed by atoms with E-state index in [0.717, 1.165) is 18.6 Å². The lowest BCUT2D eigenvalue weighted by molar-refractivity contribution is 0.0734. The monoisotopic (exact) mass is 452 g/mol. The van der Waals surface area contributed by atoms with Crippen LogP contribution in [0.15, 0.2) is 60.9 Å². The zero-order valence-corrected chi connectivity index (χ0v) is 20.6. The second kappa shape index (κ2) is 16.0. The van der Waals surface area contributed by atoms with E-state index in [4.69, 9.17) is 14.2 Å². The number of rotatable bonds is 16. The van der Waals surface area contributed by atoms with Crippen LogP contribution in [0.25, 0.3) is 0 Å². The Hall–Kier alpha value is -2.75. The lowest BCUT2D eigenvalue weighted by Crippen LogP contribution is -2.09. The van der Waals surface area contributed by atoms with Gasteiger partial charge in [0.15, 0.2) is 0 Å². The number of esters is 1. The van der Waals surface area contributed by atoms with Crippen LogP contribution in [0.4, 0.5) is 0 Å². The Labute approximate surface area is 200 Å². The van der Waals surface area contributed by atoms with Crippen LogP contribution in [-0.4, -0.2) is 12.6 Å². The molecule has 0 aliphatic heterocycles. The minimum atomic E-state index is -0.399. The second-order valence-electron chi connectivity index (χ2n) is 8.61. The third-order valence-corrected chi connectivity index (χ3v) is 5.63. The minimum Gasteiger partial charge on any atom is -0.493 e. The summed E-state index contributed by atoms with van der Waals surface area (Å²) in [5.41, 5.74) is 0.478. The van der Waals surface area contributed by atoms with Crippen molar-refractivity contribution in [3.05, 3.63) is 66.4 Å². The SMILES string of the molecule is CCCCCCCCCC=COc1ccc(C(=O)Oc2ccc(OCC(C)CC)cc2)cc1. The summed E-state index contributed by atoms with van der Waals surface area (Å²) in [5.74, 6) is 2.07. The number of unbranched alkanes of at least 4 members (excludes halogenated alkanes) is 7.